The molecule has 1 heterocycles. The second-order valence-electron chi connectivity index (χ2n) is 10.1. The van der Waals surface area contributed by atoms with Crippen molar-refractivity contribution in [2.75, 3.05) is 77.6 Å². The Morgan fingerprint density at radius 1 is 0.886 bits per heavy atom. The number of methoxy groups -OCH3 is 1. The van der Waals surface area contributed by atoms with Crippen molar-refractivity contribution >= 4 is 45.6 Å². The zero-order valence-corrected chi connectivity index (χ0v) is 25.2. The lowest BCUT2D eigenvalue weighted by atomic mass is 10.1. The first kappa shape index (κ1) is 34.0. The molecule has 0 bridgehead atoms. The van der Waals surface area contributed by atoms with E-state index in [1.165, 1.54) is 37.7 Å². The summed E-state index contributed by atoms with van der Waals surface area (Å²) in [7, 11) is 8.87. The minimum absolute atomic E-state index is 0.0658. The number of carbonyl (C=O) groups excluding carboxylic acids is 2. The van der Waals surface area contributed by atoms with E-state index in [0.29, 0.717) is 42.0 Å². The van der Waals surface area contributed by atoms with Crippen molar-refractivity contribution in [1.82, 2.24) is 19.8 Å². The van der Waals surface area contributed by atoms with Crippen LogP contribution >= 0.6 is 0 Å². The zero-order chi connectivity index (χ0) is 32.3. The number of halogens is 3. The Labute approximate surface area is 253 Å². The van der Waals surface area contributed by atoms with Gasteiger partial charge in [-0.1, -0.05) is 12.2 Å². The number of benzene rings is 2. The Bertz CT molecular complexity index is 1510. The summed E-state index contributed by atoms with van der Waals surface area (Å²) >= 11 is 0. The molecule has 0 aliphatic rings. The SMILES string of the molecule is COCCOc1cc2ncnc(Nc3ccc(NC(=O)/C=C/CN(C)C)c(C(F)(F)F)c3)c2cc1NC(=O)/C=C/CN(C)C. The molecule has 44 heavy (non-hydrogen) atoms. The molecule has 0 atom stereocenters. The van der Waals surface area contributed by atoms with Crippen molar-refractivity contribution in [2.24, 2.45) is 0 Å². The predicted molar refractivity (Wildman–Crippen MR) is 164 cm³/mol. The Kier molecular flexibility index (Phi) is 12.2. The number of nitrogens with zero attached hydrogens (tertiary/aromatic N) is 4. The van der Waals surface area contributed by atoms with Gasteiger partial charge in [-0.2, -0.15) is 13.2 Å². The summed E-state index contributed by atoms with van der Waals surface area (Å²) in [5, 5.41) is 8.40. The second kappa shape index (κ2) is 15.8. The third kappa shape index (κ3) is 10.3. The van der Waals surface area contributed by atoms with Gasteiger partial charge in [-0.3, -0.25) is 9.59 Å². The summed E-state index contributed by atoms with van der Waals surface area (Å²) in [5.41, 5.74) is -0.638. The number of anilines is 4. The van der Waals surface area contributed by atoms with E-state index in [4.69, 9.17) is 9.47 Å². The van der Waals surface area contributed by atoms with E-state index in [1.54, 1.807) is 43.3 Å². The van der Waals surface area contributed by atoms with E-state index in [-0.39, 0.29) is 23.8 Å². The summed E-state index contributed by atoms with van der Waals surface area (Å²) < 4.78 is 52.9. The number of alkyl halides is 3. The highest BCUT2D eigenvalue weighted by molar-refractivity contribution is 6.04. The van der Waals surface area contributed by atoms with Crippen LogP contribution in [0.4, 0.5) is 36.1 Å². The maximum atomic E-state index is 14.0. The molecule has 0 saturated carbocycles. The number of fused-ring (bicyclic) bond motifs is 1. The van der Waals surface area contributed by atoms with Crippen molar-refractivity contribution in [3.8, 4) is 5.75 Å². The number of rotatable bonds is 14. The Morgan fingerprint density at radius 2 is 1.52 bits per heavy atom. The predicted octanol–water partition coefficient (Wildman–Crippen LogP) is 4.53. The van der Waals surface area contributed by atoms with Crippen molar-refractivity contribution in [3.63, 3.8) is 0 Å². The first-order valence-corrected chi connectivity index (χ1v) is 13.5. The number of carbonyl (C=O) groups is 2. The molecular formula is C30H36F3N7O4. The number of hydrogen-bond acceptors (Lipinski definition) is 9. The third-order valence-electron chi connectivity index (χ3n) is 5.86. The van der Waals surface area contributed by atoms with Gasteiger partial charge in [0.2, 0.25) is 11.8 Å². The molecule has 3 rings (SSSR count). The maximum absolute atomic E-state index is 14.0. The molecular weight excluding hydrogens is 579 g/mol. The summed E-state index contributed by atoms with van der Waals surface area (Å²) in [6, 6.07) is 6.62. The fourth-order valence-electron chi connectivity index (χ4n) is 3.83. The average molecular weight is 616 g/mol. The Hall–Kier alpha value is -4.53. The number of nitrogens with one attached hydrogen (secondary N) is 3. The fraction of sp³-hybridized carbons (Fsp3) is 0.333. The number of likely N-dealkylation sites (N-methyl/N-ethyl adjacent to an activating group) is 2. The third-order valence-corrected chi connectivity index (χ3v) is 5.86. The largest absolute Gasteiger partial charge is 0.489 e. The molecule has 236 valence electrons. The van der Waals surface area contributed by atoms with E-state index in [2.05, 4.69) is 25.9 Å². The first-order chi connectivity index (χ1) is 20.9. The molecule has 0 aliphatic carbocycles. The van der Waals surface area contributed by atoms with Gasteiger partial charge in [0.15, 0.2) is 0 Å². The highest BCUT2D eigenvalue weighted by Gasteiger charge is 2.34. The van der Waals surface area contributed by atoms with Crippen LogP contribution in [0.3, 0.4) is 0 Å². The van der Waals surface area contributed by atoms with Gasteiger partial charge in [0.1, 0.15) is 24.5 Å². The van der Waals surface area contributed by atoms with Gasteiger partial charge < -0.3 is 35.2 Å². The molecule has 2 amide bonds. The molecule has 11 nitrogen and oxygen atoms in total. The normalized spacial score (nSPS) is 12.0. The molecule has 0 spiro atoms. The minimum Gasteiger partial charge on any atom is -0.489 e. The van der Waals surface area contributed by atoms with Gasteiger partial charge in [-0.15, -0.1) is 0 Å². The lowest BCUT2D eigenvalue weighted by molar-refractivity contribution is -0.136. The van der Waals surface area contributed by atoms with Crippen LogP contribution < -0.4 is 20.7 Å². The van der Waals surface area contributed by atoms with Crippen LogP contribution in [0.25, 0.3) is 10.9 Å². The van der Waals surface area contributed by atoms with Crippen molar-refractivity contribution in [1.29, 1.82) is 0 Å². The van der Waals surface area contributed by atoms with Gasteiger partial charge in [0, 0.05) is 49.5 Å². The van der Waals surface area contributed by atoms with Crippen molar-refractivity contribution < 1.29 is 32.2 Å². The second-order valence-corrected chi connectivity index (χ2v) is 10.1. The summed E-state index contributed by atoms with van der Waals surface area (Å²) in [6.45, 7) is 1.51. The van der Waals surface area contributed by atoms with Gasteiger partial charge in [-0.25, -0.2) is 9.97 Å². The Balaban J connectivity index is 1.95. The molecule has 2 aromatic carbocycles. The lowest BCUT2D eigenvalue weighted by Crippen LogP contribution is -2.16. The first-order valence-electron chi connectivity index (χ1n) is 13.5. The lowest BCUT2D eigenvalue weighted by Gasteiger charge is -2.17. The summed E-state index contributed by atoms with van der Waals surface area (Å²) in [5.74, 6) is -0.575. The molecule has 0 unspecified atom stereocenters. The van der Waals surface area contributed by atoms with E-state index < -0.39 is 23.6 Å². The molecule has 0 aliphatic heterocycles. The smallest absolute Gasteiger partial charge is 0.418 e. The standard InChI is InChI=1S/C30H36F3N7O4/c1-39(2)12-6-8-27(41)37-23-11-10-20(16-22(23)30(31,32)33)36-29-21-17-25(38-28(42)9-7-13-40(3)4)26(44-15-14-43-5)18-24(21)34-19-35-29/h6-11,16-19H,12-15H2,1-5H3,(H,37,41)(H,38,42)(H,34,35,36)/b8-6+,9-7+. The quantitative estimate of drug-likeness (QED) is 0.177. The van der Waals surface area contributed by atoms with Gasteiger partial charge >= 0.3 is 6.18 Å². The van der Waals surface area contributed by atoms with Crippen molar-refractivity contribution in [2.45, 2.75) is 6.18 Å². The summed E-state index contributed by atoms with van der Waals surface area (Å²) in [6.07, 6.45) is 2.31. The average Bonchev–Trinajstić information content (AvgIpc) is 2.93. The van der Waals surface area contributed by atoms with Gasteiger partial charge in [0.25, 0.3) is 0 Å². The molecule has 3 N–H and O–H groups in total. The van der Waals surface area contributed by atoms with Crippen LogP contribution in [-0.4, -0.2) is 93.2 Å². The molecule has 0 fully saturated rings. The van der Waals surface area contributed by atoms with Crippen LogP contribution in [0.5, 0.6) is 5.75 Å². The fourth-order valence-corrected chi connectivity index (χ4v) is 3.83. The number of ether oxygens (including phenoxy) is 2. The van der Waals surface area contributed by atoms with Crippen LogP contribution in [-0.2, 0) is 20.5 Å². The number of hydrogen-bond donors (Lipinski definition) is 3. The Morgan fingerprint density at radius 3 is 2.11 bits per heavy atom. The molecule has 14 heteroatoms. The molecule has 0 radical (unpaired) electrons. The van der Waals surface area contributed by atoms with Crippen molar-refractivity contribution in [3.05, 3.63) is 66.5 Å². The van der Waals surface area contributed by atoms with E-state index >= 15 is 0 Å². The van der Waals surface area contributed by atoms with Crippen LogP contribution in [0, 0.1) is 0 Å². The van der Waals surface area contributed by atoms with Gasteiger partial charge in [-0.05, 0) is 52.5 Å². The molecule has 1 aromatic heterocycles. The van der Waals surface area contributed by atoms with E-state index in [9.17, 15) is 22.8 Å². The number of aromatic nitrogens is 2. The van der Waals surface area contributed by atoms with Crippen LogP contribution in [0.2, 0.25) is 0 Å². The number of amides is 2. The van der Waals surface area contributed by atoms with Crippen LogP contribution in [0.1, 0.15) is 5.56 Å². The van der Waals surface area contributed by atoms with E-state index in [1.807, 2.05) is 19.0 Å². The zero-order valence-electron chi connectivity index (χ0n) is 25.2. The highest BCUT2D eigenvalue weighted by Crippen LogP contribution is 2.38. The monoisotopic (exact) mass is 615 g/mol. The molecule has 3 aromatic rings. The van der Waals surface area contributed by atoms with E-state index in [0.717, 1.165) is 6.07 Å². The topological polar surface area (TPSA) is 121 Å². The highest BCUT2D eigenvalue weighted by atomic mass is 19.4. The van der Waals surface area contributed by atoms with Gasteiger partial charge in [0.05, 0.1) is 29.1 Å². The summed E-state index contributed by atoms with van der Waals surface area (Å²) in [4.78, 5) is 37.1. The molecule has 0 saturated heterocycles. The maximum Gasteiger partial charge on any atom is 0.418 e. The minimum atomic E-state index is -4.76. The van der Waals surface area contributed by atoms with Crippen LogP contribution in [0.15, 0.2) is 61.0 Å².